The molecule has 1 aromatic carbocycles. The van der Waals surface area contributed by atoms with Crippen molar-refractivity contribution in [2.24, 2.45) is 0 Å². The average Bonchev–Trinajstić information content (AvgIpc) is 2.53. The molecule has 0 fully saturated rings. The molecule has 0 unspecified atom stereocenters. The van der Waals surface area contributed by atoms with E-state index in [-0.39, 0.29) is 18.2 Å². The Kier molecular flexibility index (Phi) is 5.15. The number of aromatic nitrogens is 1. The summed E-state index contributed by atoms with van der Waals surface area (Å²) in [5.41, 5.74) is 1.65. The highest BCUT2D eigenvalue weighted by molar-refractivity contribution is 6.19. The summed E-state index contributed by atoms with van der Waals surface area (Å²) in [7, 11) is 0. The van der Waals surface area contributed by atoms with Crippen LogP contribution >= 0.6 is 11.6 Å². The molecule has 5 heteroatoms. The molecule has 3 nitrogen and oxygen atoms in total. The third-order valence-corrected chi connectivity index (χ3v) is 2.70. The number of benzene rings is 1. The van der Waals surface area contributed by atoms with Crippen LogP contribution in [0.5, 0.6) is 5.75 Å². The first-order valence-corrected chi connectivity index (χ1v) is 6.58. The molecule has 0 amide bonds. The molecule has 2 rings (SSSR count). The first-order chi connectivity index (χ1) is 10.2. The van der Waals surface area contributed by atoms with Crippen LogP contribution < -0.4 is 4.74 Å². The Labute approximate surface area is 127 Å². The molecule has 0 aliphatic heterocycles. The lowest BCUT2D eigenvalue weighted by molar-refractivity contribution is 0.290. The lowest BCUT2D eigenvalue weighted by atomic mass is 10.2. The van der Waals surface area contributed by atoms with Crippen molar-refractivity contribution in [1.82, 2.24) is 4.98 Å². The van der Waals surface area contributed by atoms with Gasteiger partial charge in [0.05, 0.1) is 5.88 Å². The van der Waals surface area contributed by atoms with Gasteiger partial charge in [-0.05, 0) is 35.9 Å². The second kappa shape index (κ2) is 7.28. The SMILES string of the molecule is N#Cc1cc(COc2cc(C#CCCl)ccc2F)ccn1. The summed E-state index contributed by atoms with van der Waals surface area (Å²) in [5.74, 6) is 5.33. The molecule has 0 saturated heterocycles. The number of ether oxygens (including phenoxy) is 1. The maximum absolute atomic E-state index is 13.7. The zero-order valence-electron chi connectivity index (χ0n) is 10.9. The molecular weight excluding hydrogens is 291 g/mol. The van der Waals surface area contributed by atoms with Crippen LogP contribution in [0.2, 0.25) is 0 Å². The van der Waals surface area contributed by atoms with Gasteiger partial charge >= 0.3 is 0 Å². The number of nitriles is 1. The molecule has 0 aliphatic rings. The van der Waals surface area contributed by atoms with Gasteiger partial charge in [-0.25, -0.2) is 9.37 Å². The van der Waals surface area contributed by atoms with Crippen molar-refractivity contribution >= 4 is 11.6 Å². The van der Waals surface area contributed by atoms with Crippen molar-refractivity contribution in [3.8, 4) is 23.7 Å². The minimum Gasteiger partial charge on any atom is -0.486 e. The largest absolute Gasteiger partial charge is 0.486 e. The molecule has 2 aromatic rings. The topological polar surface area (TPSA) is 45.9 Å². The van der Waals surface area contributed by atoms with Gasteiger partial charge in [0.2, 0.25) is 0 Å². The van der Waals surface area contributed by atoms with Crippen LogP contribution in [0.25, 0.3) is 0 Å². The second-order valence-electron chi connectivity index (χ2n) is 4.03. The fourth-order valence-electron chi connectivity index (χ4n) is 1.61. The van der Waals surface area contributed by atoms with Crippen LogP contribution in [0, 0.1) is 29.0 Å². The van der Waals surface area contributed by atoms with Gasteiger partial charge in [-0.1, -0.05) is 11.8 Å². The monoisotopic (exact) mass is 300 g/mol. The molecule has 0 radical (unpaired) electrons. The van der Waals surface area contributed by atoms with E-state index in [0.29, 0.717) is 11.3 Å². The van der Waals surface area contributed by atoms with Crippen LogP contribution in [-0.4, -0.2) is 10.9 Å². The van der Waals surface area contributed by atoms with Crippen LogP contribution in [0.1, 0.15) is 16.8 Å². The van der Waals surface area contributed by atoms with Gasteiger partial charge in [0.1, 0.15) is 18.4 Å². The molecule has 0 N–H and O–H groups in total. The standard InChI is InChI=1S/C16H10ClFN2O/c17-6-1-2-12-3-4-15(18)16(9-12)21-11-13-5-7-20-14(8-13)10-19/h3-5,7-9H,6,11H2. The van der Waals surface area contributed by atoms with Crippen LogP contribution in [0.15, 0.2) is 36.5 Å². The second-order valence-corrected chi connectivity index (χ2v) is 4.30. The van der Waals surface area contributed by atoms with Gasteiger partial charge in [-0.15, -0.1) is 11.6 Å². The van der Waals surface area contributed by atoms with E-state index in [1.807, 2.05) is 6.07 Å². The van der Waals surface area contributed by atoms with Crippen LogP contribution in [0.4, 0.5) is 4.39 Å². The van der Waals surface area contributed by atoms with Crippen LogP contribution in [0.3, 0.4) is 0 Å². The Morgan fingerprint density at radius 3 is 2.90 bits per heavy atom. The first kappa shape index (κ1) is 14.8. The maximum Gasteiger partial charge on any atom is 0.165 e. The summed E-state index contributed by atoms with van der Waals surface area (Å²) in [6.07, 6.45) is 1.51. The Morgan fingerprint density at radius 1 is 1.29 bits per heavy atom. The van der Waals surface area contributed by atoms with E-state index in [9.17, 15) is 4.39 Å². The van der Waals surface area contributed by atoms with E-state index < -0.39 is 5.82 Å². The molecule has 1 aromatic heterocycles. The van der Waals surface area contributed by atoms with Crippen molar-refractivity contribution in [2.45, 2.75) is 6.61 Å². The van der Waals surface area contributed by atoms with Gasteiger partial charge in [-0.2, -0.15) is 5.26 Å². The Bertz CT molecular complexity index is 744. The molecule has 1 heterocycles. The maximum atomic E-state index is 13.7. The van der Waals surface area contributed by atoms with Gasteiger partial charge in [-0.3, -0.25) is 0 Å². The number of alkyl halides is 1. The molecular formula is C16H10ClFN2O. The Hall–Kier alpha value is -2.56. The molecule has 104 valence electrons. The van der Waals surface area contributed by atoms with E-state index >= 15 is 0 Å². The highest BCUT2D eigenvalue weighted by Crippen LogP contribution is 2.20. The lowest BCUT2D eigenvalue weighted by Crippen LogP contribution is -1.99. The highest BCUT2D eigenvalue weighted by atomic mass is 35.5. The average molecular weight is 301 g/mol. The minimum absolute atomic E-state index is 0.103. The number of rotatable bonds is 3. The van der Waals surface area contributed by atoms with E-state index in [2.05, 4.69) is 16.8 Å². The lowest BCUT2D eigenvalue weighted by Gasteiger charge is -2.07. The smallest absolute Gasteiger partial charge is 0.165 e. The summed E-state index contributed by atoms with van der Waals surface area (Å²) in [5, 5.41) is 8.77. The number of hydrogen-bond donors (Lipinski definition) is 0. The fraction of sp³-hybridized carbons (Fsp3) is 0.125. The van der Waals surface area contributed by atoms with Crippen molar-refractivity contribution in [3.63, 3.8) is 0 Å². The number of nitrogens with zero attached hydrogens (tertiary/aromatic N) is 2. The predicted octanol–water partition coefficient (Wildman–Crippen LogP) is 3.26. The van der Waals surface area contributed by atoms with Crippen molar-refractivity contribution in [1.29, 1.82) is 5.26 Å². The molecule has 0 saturated carbocycles. The minimum atomic E-state index is -0.471. The van der Waals surface area contributed by atoms with Crippen LogP contribution in [-0.2, 0) is 6.61 Å². The summed E-state index contributed by atoms with van der Waals surface area (Å²) >= 11 is 5.48. The van der Waals surface area contributed by atoms with Crippen molar-refractivity contribution < 1.29 is 9.13 Å². The summed E-state index contributed by atoms with van der Waals surface area (Å²) in [6, 6.07) is 9.60. The highest BCUT2D eigenvalue weighted by Gasteiger charge is 2.05. The van der Waals surface area contributed by atoms with E-state index in [1.165, 1.54) is 18.3 Å². The van der Waals surface area contributed by atoms with Gasteiger partial charge in [0.25, 0.3) is 0 Å². The summed E-state index contributed by atoms with van der Waals surface area (Å²) in [6.45, 7) is 0.139. The molecule has 21 heavy (non-hydrogen) atoms. The number of pyridine rings is 1. The number of halogens is 2. The first-order valence-electron chi connectivity index (χ1n) is 6.05. The molecule has 0 aliphatic carbocycles. The Morgan fingerprint density at radius 2 is 2.14 bits per heavy atom. The number of hydrogen-bond acceptors (Lipinski definition) is 3. The van der Waals surface area contributed by atoms with Gasteiger partial charge in [0.15, 0.2) is 11.6 Å². The summed E-state index contributed by atoms with van der Waals surface area (Å²) < 4.78 is 19.1. The fourth-order valence-corrected chi connectivity index (χ4v) is 1.68. The van der Waals surface area contributed by atoms with E-state index in [0.717, 1.165) is 5.56 Å². The van der Waals surface area contributed by atoms with E-state index in [4.69, 9.17) is 21.6 Å². The van der Waals surface area contributed by atoms with Gasteiger partial charge in [0, 0.05) is 11.8 Å². The van der Waals surface area contributed by atoms with Crippen molar-refractivity contribution in [2.75, 3.05) is 5.88 Å². The predicted molar refractivity (Wildman–Crippen MR) is 77.3 cm³/mol. The summed E-state index contributed by atoms with van der Waals surface area (Å²) in [4.78, 5) is 3.86. The molecule has 0 spiro atoms. The Balaban J connectivity index is 2.13. The third-order valence-electron chi connectivity index (χ3n) is 2.56. The van der Waals surface area contributed by atoms with Gasteiger partial charge < -0.3 is 4.74 Å². The normalized spacial score (nSPS) is 9.38. The zero-order valence-corrected chi connectivity index (χ0v) is 11.7. The zero-order chi connectivity index (χ0) is 15.1. The molecule has 0 bridgehead atoms. The molecule has 0 atom stereocenters. The van der Waals surface area contributed by atoms with E-state index in [1.54, 1.807) is 18.2 Å². The third kappa shape index (κ3) is 4.21. The van der Waals surface area contributed by atoms with Crippen molar-refractivity contribution in [3.05, 3.63) is 59.2 Å². The quantitative estimate of drug-likeness (QED) is 0.645.